The van der Waals surface area contributed by atoms with Crippen molar-refractivity contribution in [3.05, 3.63) is 59.7 Å². The average Bonchev–Trinajstić information content (AvgIpc) is 3.26. The maximum absolute atomic E-state index is 13.0. The first kappa shape index (κ1) is 22.4. The van der Waals surface area contributed by atoms with Crippen molar-refractivity contribution in [2.24, 2.45) is 0 Å². The Morgan fingerprint density at radius 3 is 2.82 bits per heavy atom. The molecule has 0 bridgehead atoms. The summed E-state index contributed by atoms with van der Waals surface area (Å²) in [6.07, 6.45) is 3.18. The van der Waals surface area contributed by atoms with Gasteiger partial charge in [-0.2, -0.15) is 4.98 Å². The zero-order valence-electron chi connectivity index (χ0n) is 18.6. The van der Waals surface area contributed by atoms with E-state index in [2.05, 4.69) is 14.9 Å². The summed E-state index contributed by atoms with van der Waals surface area (Å²) in [5, 5.41) is 4.01. The van der Waals surface area contributed by atoms with Gasteiger partial charge in [0.25, 0.3) is 5.91 Å². The Morgan fingerprint density at radius 2 is 2.06 bits per heavy atom. The Labute approximate surface area is 196 Å². The fourth-order valence-corrected chi connectivity index (χ4v) is 4.90. The van der Waals surface area contributed by atoms with Crippen molar-refractivity contribution in [3.8, 4) is 11.5 Å². The van der Waals surface area contributed by atoms with Gasteiger partial charge in [-0.25, -0.2) is 13.1 Å². The van der Waals surface area contributed by atoms with Gasteiger partial charge in [-0.3, -0.25) is 9.69 Å². The smallest absolute Gasteiger partial charge is 0.265 e. The van der Waals surface area contributed by atoms with Crippen molar-refractivity contribution < 1.29 is 27.2 Å². The largest absolute Gasteiger partial charge is 0.497 e. The maximum atomic E-state index is 13.0. The number of amides is 1. The first-order valence-corrected chi connectivity index (χ1v) is 12.4. The van der Waals surface area contributed by atoms with Crippen LogP contribution in [0.3, 0.4) is 0 Å². The number of aromatic nitrogens is 2. The van der Waals surface area contributed by atoms with Crippen LogP contribution in [-0.4, -0.2) is 38.2 Å². The minimum atomic E-state index is -3.86. The van der Waals surface area contributed by atoms with Crippen LogP contribution in [0.25, 0.3) is 0 Å². The predicted octanol–water partition coefficient (Wildman–Crippen LogP) is 2.75. The number of carbonyl (C=O) groups excluding carboxylic acids is 1. The second-order valence-corrected chi connectivity index (χ2v) is 10.0. The number of sulfonamides is 1. The third-order valence-corrected chi connectivity index (χ3v) is 7.42. The van der Waals surface area contributed by atoms with Crippen LogP contribution < -0.4 is 19.1 Å². The van der Waals surface area contributed by atoms with Gasteiger partial charge in [0.15, 0.2) is 12.4 Å². The molecule has 0 saturated heterocycles. The number of benzene rings is 2. The van der Waals surface area contributed by atoms with Gasteiger partial charge in [-0.05, 0) is 48.7 Å². The lowest BCUT2D eigenvalue weighted by atomic mass is 9.85. The molecule has 0 radical (unpaired) electrons. The highest BCUT2D eigenvalue weighted by Crippen LogP contribution is 2.37. The number of hydrogen-bond acceptors (Lipinski definition) is 8. The van der Waals surface area contributed by atoms with Crippen molar-refractivity contribution in [1.82, 2.24) is 14.9 Å². The van der Waals surface area contributed by atoms with Crippen LogP contribution >= 0.6 is 0 Å². The van der Waals surface area contributed by atoms with E-state index in [1.165, 1.54) is 17.0 Å². The number of methoxy groups -OCH3 is 1. The van der Waals surface area contributed by atoms with E-state index in [4.69, 9.17) is 14.0 Å². The summed E-state index contributed by atoms with van der Waals surface area (Å²) in [6, 6.07) is 11.5. The number of fused-ring (bicyclic) bond motifs is 1. The molecular formula is C23H24N4O6S. The number of anilines is 1. The molecule has 2 heterocycles. The van der Waals surface area contributed by atoms with Gasteiger partial charge < -0.3 is 14.0 Å². The van der Waals surface area contributed by atoms with E-state index in [1.54, 1.807) is 37.4 Å². The fraction of sp³-hybridized carbons (Fsp3) is 0.348. The molecule has 1 fully saturated rings. The zero-order valence-corrected chi connectivity index (χ0v) is 19.4. The van der Waals surface area contributed by atoms with E-state index in [0.29, 0.717) is 28.9 Å². The van der Waals surface area contributed by atoms with E-state index >= 15 is 0 Å². The first-order chi connectivity index (χ1) is 16.4. The van der Waals surface area contributed by atoms with Crippen LogP contribution in [-0.2, 0) is 27.9 Å². The lowest BCUT2D eigenvalue weighted by Gasteiger charge is -2.28. The lowest BCUT2D eigenvalue weighted by molar-refractivity contribution is -0.121. The number of nitrogens with one attached hydrogen (secondary N) is 1. The Morgan fingerprint density at radius 1 is 1.21 bits per heavy atom. The van der Waals surface area contributed by atoms with Gasteiger partial charge in [0.1, 0.15) is 11.5 Å². The van der Waals surface area contributed by atoms with Gasteiger partial charge in [0.2, 0.25) is 15.9 Å². The average molecular weight is 485 g/mol. The summed E-state index contributed by atoms with van der Waals surface area (Å²) in [7, 11) is -2.31. The molecule has 1 aliphatic carbocycles. The number of ether oxygens (including phenoxy) is 2. The number of nitrogens with zero attached hydrogens (tertiary/aromatic N) is 3. The molecule has 1 aromatic heterocycles. The van der Waals surface area contributed by atoms with Crippen molar-refractivity contribution in [1.29, 1.82) is 0 Å². The lowest BCUT2D eigenvalue weighted by Crippen LogP contribution is -2.38. The Kier molecular flexibility index (Phi) is 5.96. The van der Waals surface area contributed by atoms with E-state index in [9.17, 15) is 13.2 Å². The van der Waals surface area contributed by atoms with Crippen molar-refractivity contribution in [3.63, 3.8) is 0 Å². The monoisotopic (exact) mass is 484 g/mol. The molecule has 2 aromatic carbocycles. The molecule has 11 heteroatoms. The molecule has 10 nitrogen and oxygen atoms in total. The van der Waals surface area contributed by atoms with Crippen LogP contribution in [0.4, 0.5) is 5.69 Å². The topological polar surface area (TPSA) is 124 Å². The van der Waals surface area contributed by atoms with Gasteiger partial charge in [-0.15, -0.1) is 0 Å². The third kappa shape index (κ3) is 4.48. The van der Waals surface area contributed by atoms with Crippen molar-refractivity contribution >= 4 is 21.6 Å². The molecule has 1 amide bonds. The maximum Gasteiger partial charge on any atom is 0.265 e. The van der Waals surface area contributed by atoms with Crippen LogP contribution in [0.5, 0.6) is 11.5 Å². The normalized spacial score (nSPS) is 16.0. The highest BCUT2D eigenvalue weighted by atomic mass is 32.2. The molecule has 1 N–H and O–H groups in total. The molecular weight excluding hydrogens is 460 g/mol. The molecule has 34 heavy (non-hydrogen) atoms. The zero-order chi connectivity index (χ0) is 23.7. The van der Waals surface area contributed by atoms with E-state index in [1.807, 2.05) is 0 Å². The fourth-order valence-electron chi connectivity index (χ4n) is 3.86. The SMILES string of the molecule is COc1cccc(CNS(=O)(=O)c2ccc3c(c2)N(Cc2noc(C4CCC4)n2)C(=O)CO3)c1. The summed E-state index contributed by atoms with van der Waals surface area (Å²) in [5.74, 6) is 1.96. The third-order valence-electron chi connectivity index (χ3n) is 6.02. The van der Waals surface area contributed by atoms with Crippen molar-refractivity contribution in [2.75, 3.05) is 18.6 Å². The van der Waals surface area contributed by atoms with Gasteiger partial charge in [0, 0.05) is 12.5 Å². The van der Waals surface area contributed by atoms with E-state index in [-0.39, 0.29) is 36.4 Å². The molecule has 0 atom stereocenters. The molecule has 5 rings (SSSR count). The molecule has 3 aromatic rings. The Balaban J connectivity index is 1.36. The van der Waals surface area contributed by atoms with Gasteiger partial charge in [-0.1, -0.05) is 23.7 Å². The van der Waals surface area contributed by atoms with Crippen LogP contribution in [0.1, 0.15) is 42.5 Å². The number of rotatable bonds is 8. The van der Waals surface area contributed by atoms with Gasteiger partial charge >= 0.3 is 0 Å². The molecule has 0 spiro atoms. The summed E-state index contributed by atoms with van der Waals surface area (Å²) in [5.41, 5.74) is 1.09. The van der Waals surface area contributed by atoms with Crippen LogP contribution in [0.15, 0.2) is 51.9 Å². The summed E-state index contributed by atoms with van der Waals surface area (Å²) in [4.78, 5) is 18.5. The van der Waals surface area contributed by atoms with Crippen LogP contribution in [0, 0.1) is 0 Å². The minimum Gasteiger partial charge on any atom is -0.497 e. The number of carbonyl (C=O) groups is 1. The van der Waals surface area contributed by atoms with Crippen molar-refractivity contribution in [2.45, 2.75) is 43.2 Å². The quantitative estimate of drug-likeness (QED) is 0.518. The highest BCUT2D eigenvalue weighted by Gasteiger charge is 2.30. The molecule has 2 aliphatic rings. The summed E-state index contributed by atoms with van der Waals surface area (Å²) >= 11 is 0. The summed E-state index contributed by atoms with van der Waals surface area (Å²) < 4.78 is 44.6. The Hall–Kier alpha value is -3.44. The summed E-state index contributed by atoms with van der Waals surface area (Å²) in [6.45, 7) is -0.00472. The molecule has 178 valence electrons. The Bertz CT molecular complexity index is 1320. The second kappa shape index (κ2) is 9.07. The molecule has 1 saturated carbocycles. The minimum absolute atomic E-state index is 0.0146. The second-order valence-electron chi connectivity index (χ2n) is 8.25. The van der Waals surface area contributed by atoms with Gasteiger partial charge in [0.05, 0.1) is 24.2 Å². The van der Waals surface area contributed by atoms with E-state index in [0.717, 1.165) is 24.8 Å². The molecule has 1 aliphatic heterocycles. The van der Waals surface area contributed by atoms with E-state index < -0.39 is 10.0 Å². The number of hydrogen-bond donors (Lipinski definition) is 1. The highest BCUT2D eigenvalue weighted by molar-refractivity contribution is 7.89. The molecule has 0 unspecified atom stereocenters. The predicted molar refractivity (Wildman–Crippen MR) is 121 cm³/mol. The van der Waals surface area contributed by atoms with Crippen LogP contribution in [0.2, 0.25) is 0 Å². The first-order valence-electron chi connectivity index (χ1n) is 11.0. The standard InChI is InChI=1S/C23H24N4O6S/c1-31-17-7-2-4-15(10-17)12-24-34(29,30)18-8-9-20-19(11-18)27(22(28)14-32-20)13-21-25-23(33-26-21)16-5-3-6-16/h2,4,7-11,16,24H,3,5-6,12-14H2,1H3.